The molecule has 1 amide bonds. The van der Waals surface area contributed by atoms with E-state index in [1.165, 1.54) is 0 Å². The van der Waals surface area contributed by atoms with Gasteiger partial charge in [-0.2, -0.15) is 4.98 Å². The van der Waals surface area contributed by atoms with Crippen molar-refractivity contribution < 1.29 is 9.90 Å². The van der Waals surface area contributed by atoms with Crippen molar-refractivity contribution in [3.8, 4) is 5.88 Å². The molecule has 1 aliphatic rings. The number of halogens is 1. The molecule has 144 valence electrons. The van der Waals surface area contributed by atoms with Gasteiger partial charge in [0.25, 0.3) is 5.56 Å². The summed E-state index contributed by atoms with van der Waals surface area (Å²) in [6.45, 7) is 1.87. The van der Waals surface area contributed by atoms with Crippen molar-refractivity contribution in [3.63, 3.8) is 0 Å². The molecule has 2 N–H and O–H groups in total. The van der Waals surface area contributed by atoms with E-state index in [1.807, 2.05) is 25.1 Å². The molecule has 0 bridgehead atoms. The van der Waals surface area contributed by atoms with Gasteiger partial charge in [0.2, 0.25) is 11.8 Å². The third-order valence-corrected chi connectivity index (χ3v) is 5.97. The zero-order chi connectivity index (χ0) is 19.4. The van der Waals surface area contributed by atoms with Gasteiger partial charge in [-0.3, -0.25) is 14.2 Å². The lowest BCUT2D eigenvalue weighted by molar-refractivity contribution is -0.119. The Morgan fingerprint density at radius 3 is 2.81 bits per heavy atom. The van der Waals surface area contributed by atoms with Crippen LogP contribution in [0.4, 0.5) is 0 Å². The summed E-state index contributed by atoms with van der Waals surface area (Å²) < 4.78 is 1.61. The summed E-state index contributed by atoms with van der Waals surface area (Å²) in [5.74, 6) is -0.415. The molecule has 27 heavy (non-hydrogen) atoms. The van der Waals surface area contributed by atoms with Crippen LogP contribution in [-0.4, -0.2) is 26.3 Å². The summed E-state index contributed by atoms with van der Waals surface area (Å²) in [4.78, 5) is 28.8. The number of carbonyl (C=O) groups is 1. The molecule has 3 rings (SSSR count). The van der Waals surface area contributed by atoms with E-state index in [-0.39, 0.29) is 35.2 Å². The first-order valence-corrected chi connectivity index (χ1v) is 10.3. The Balaban J connectivity index is 1.68. The van der Waals surface area contributed by atoms with Gasteiger partial charge in [0.05, 0.1) is 17.9 Å². The van der Waals surface area contributed by atoms with Gasteiger partial charge in [0, 0.05) is 11.1 Å². The van der Waals surface area contributed by atoms with E-state index in [0.29, 0.717) is 10.2 Å². The van der Waals surface area contributed by atoms with Crippen LogP contribution < -0.4 is 10.9 Å². The number of amides is 1. The zero-order valence-corrected chi connectivity index (χ0v) is 16.6. The van der Waals surface area contributed by atoms with E-state index in [4.69, 9.17) is 11.6 Å². The molecule has 1 unspecified atom stereocenters. The lowest BCUT2D eigenvalue weighted by Crippen LogP contribution is -2.29. The summed E-state index contributed by atoms with van der Waals surface area (Å²) in [5.41, 5.74) is 0.567. The number of benzene rings is 1. The van der Waals surface area contributed by atoms with E-state index >= 15 is 0 Å². The van der Waals surface area contributed by atoms with Crippen molar-refractivity contribution in [1.29, 1.82) is 0 Å². The predicted octanol–water partition coefficient (Wildman–Crippen LogP) is 3.69. The minimum absolute atomic E-state index is 0.0817. The van der Waals surface area contributed by atoms with Crippen LogP contribution in [0.1, 0.15) is 50.3 Å². The third kappa shape index (κ3) is 4.84. The number of carbonyl (C=O) groups excluding carboxylic acids is 1. The summed E-state index contributed by atoms with van der Waals surface area (Å²) in [5, 5.41) is 13.6. The summed E-state index contributed by atoms with van der Waals surface area (Å²) in [6.07, 6.45) is 3.96. The van der Waals surface area contributed by atoms with Crippen molar-refractivity contribution in [3.05, 3.63) is 51.3 Å². The molecule has 1 atom stereocenters. The molecular weight excluding hydrogens is 386 g/mol. The van der Waals surface area contributed by atoms with Gasteiger partial charge in [-0.05, 0) is 31.4 Å². The fourth-order valence-electron chi connectivity index (χ4n) is 3.38. The normalized spacial score (nSPS) is 15.6. The van der Waals surface area contributed by atoms with Gasteiger partial charge >= 0.3 is 0 Å². The highest BCUT2D eigenvalue weighted by Crippen LogP contribution is 2.31. The molecule has 0 saturated heterocycles. The smallest absolute Gasteiger partial charge is 0.258 e. The average molecular weight is 408 g/mol. The van der Waals surface area contributed by atoms with Crippen LogP contribution in [0.5, 0.6) is 5.88 Å². The second kappa shape index (κ2) is 8.80. The van der Waals surface area contributed by atoms with Gasteiger partial charge in [-0.1, -0.05) is 54.4 Å². The fourth-order valence-corrected chi connectivity index (χ4v) is 4.56. The Labute approximate surface area is 167 Å². The number of aromatic nitrogens is 2. The maximum Gasteiger partial charge on any atom is 0.258 e. The molecular formula is C19H22ClN3O3S. The van der Waals surface area contributed by atoms with Crippen molar-refractivity contribution in [2.24, 2.45) is 0 Å². The van der Waals surface area contributed by atoms with Gasteiger partial charge in [0.15, 0.2) is 5.16 Å². The lowest BCUT2D eigenvalue weighted by atomic mass is 10.1. The Hall–Kier alpha value is -1.99. The van der Waals surface area contributed by atoms with E-state index in [1.54, 1.807) is 10.6 Å². The Kier molecular flexibility index (Phi) is 6.44. The number of nitrogens with one attached hydrogen (secondary N) is 1. The lowest BCUT2D eigenvalue weighted by Gasteiger charge is -2.18. The van der Waals surface area contributed by atoms with E-state index in [0.717, 1.165) is 49.1 Å². The summed E-state index contributed by atoms with van der Waals surface area (Å²) in [7, 11) is 0. The fraction of sp³-hybridized carbons (Fsp3) is 0.421. The number of hydrogen-bond donors (Lipinski definition) is 2. The third-order valence-electron chi connectivity index (χ3n) is 4.68. The summed E-state index contributed by atoms with van der Waals surface area (Å²) in [6, 6.07) is 8.34. The highest BCUT2D eigenvalue weighted by atomic mass is 35.5. The molecule has 1 aromatic carbocycles. The van der Waals surface area contributed by atoms with Crippen LogP contribution in [0.3, 0.4) is 0 Å². The minimum Gasteiger partial charge on any atom is -0.493 e. The molecule has 1 aromatic heterocycles. The van der Waals surface area contributed by atoms with E-state index in [9.17, 15) is 14.7 Å². The van der Waals surface area contributed by atoms with Crippen LogP contribution in [0.25, 0.3) is 0 Å². The first-order chi connectivity index (χ1) is 13.0. The van der Waals surface area contributed by atoms with Crippen molar-refractivity contribution >= 4 is 29.3 Å². The largest absolute Gasteiger partial charge is 0.493 e. The predicted molar refractivity (Wildman–Crippen MR) is 106 cm³/mol. The zero-order valence-electron chi connectivity index (χ0n) is 15.0. The van der Waals surface area contributed by atoms with Gasteiger partial charge in [-0.15, -0.1) is 0 Å². The molecule has 0 spiro atoms. The maximum absolute atomic E-state index is 12.4. The molecule has 1 saturated carbocycles. The number of aromatic hydroxyl groups is 1. The number of rotatable bonds is 6. The summed E-state index contributed by atoms with van der Waals surface area (Å²) >= 11 is 7.33. The highest BCUT2D eigenvalue weighted by molar-refractivity contribution is 7.99. The molecule has 1 heterocycles. The first-order valence-electron chi connectivity index (χ1n) is 8.95. The van der Waals surface area contributed by atoms with Crippen molar-refractivity contribution in [1.82, 2.24) is 14.9 Å². The van der Waals surface area contributed by atoms with Crippen LogP contribution in [-0.2, 0) is 4.79 Å². The maximum atomic E-state index is 12.4. The van der Waals surface area contributed by atoms with E-state index in [2.05, 4.69) is 10.3 Å². The molecule has 2 aromatic rings. The van der Waals surface area contributed by atoms with Crippen LogP contribution in [0.2, 0.25) is 5.02 Å². The number of thioether (sulfide) groups is 1. The second-order valence-electron chi connectivity index (χ2n) is 6.64. The van der Waals surface area contributed by atoms with Crippen LogP contribution in [0.15, 0.2) is 40.3 Å². The van der Waals surface area contributed by atoms with Crippen LogP contribution >= 0.6 is 23.4 Å². The SMILES string of the molecule is CC(NC(=O)CSc1nc(O)cc(=O)n1C1CCCC1)c1ccccc1Cl. The molecule has 0 aliphatic heterocycles. The standard InChI is InChI=1S/C19H22ClN3O3S/c1-12(14-8-4-5-9-15(14)20)21-17(25)11-27-19-22-16(24)10-18(26)23(19)13-6-2-3-7-13/h4-5,8-10,12-13,24H,2-3,6-7,11H2,1H3,(H,21,25). The molecule has 0 radical (unpaired) electrons. The molecule has 1 fully saturated rings. The Morgan fingerprint density at radius 1 is 1.41 bits per heavy atom. The van der Waals surface area contributed by atoms with Gasteiger partial charge < -0.3 is 10.4 Å². The first kappa shape index (κ1) is 19.8. The minimum atomic E-state index is -0.318. The number of hydrogen-bond acceptors (Lipinski definition) is 5. The number of nitrogens with zero attached hydrogens (tertiary/aromatic N) is 2. The second-order valence-corrected chi connectivity index (χ2v) is 7.99. The van der Waals surface area contributed by atoms with Gasteiger partial charge in [0.1, 0.15) is 0 Å². The average Bonchev–Trinajstić information content (AvgIpc) is 3.13. The van der Waals surface area contributed by atoms with E-state index < -0.39 is 0 Å². The van der Waals surface area contributed by atoms with Crippen molar-refractivity contribution in [2.75, 3.05) is 5.75 Å². The van der Waals surface area contributed by atoms with Gasteiger partial charge in [-0.25, -0.2) is 0 Å². The van der Waals surface area contributed by atoms with Crippen LogP contribution in [0, 0.1) is 0 Å². The monoisotopic (exact) mass is 407 g/mol. The molecule has 6 nitrogen and oxygen atoms in total. The molecule has 8 heteroatoms. The topological polar surface area (TPSA) is 84.2 Å². The molecule has 1 aliphatic carbocycles. The quantitative estimate of drug-likeness (QED) is 0.563. The Bertz CT molecular complexity index is 881. The highest BCUT2D eigenvalue weighted by Gasteiger charge is 2.23. The van der Waals surface area contributed by atoms with Crippen molar-refractivity contribution in [2.45, 2.75) is 49.8 Å². The Morgan fingerprint density at radius 2 is 2.11 bits per heavy atom.